The molecule has 1 aromatic carbocycles. The molecule has 1 unspecified atom stereocenters. The van der Waals surface area contributed by atoms with Crippen LogP contribution in [0.3, 0.4) is 0 Å². The van der Waals surface area contributed by atoms with Gasteiger partial charge >= 0.3 is 11.5 Å². The summed E-state index contributed by atoms with van der Waals surface area (Å²) in [6, 6.07) is 8.52. The van der Waals surface area contributed by atoms with Gasteiger partial charge in [0.1, 0.15) is 0 Å². The van der Waals surface area contributed by atoms with E-state index < -0.39 is 22.3 Å². The van der Waals surface area contributed by atoms with Crippen LogP contribution in [0.4, 0.5) is 13.2 Å². The van der Waals surface area contributed by atoms with E-state index in [0.29, 0.717) is 18.4 Å². The summed E-state index contributed by atoms with van der Waals surface area (Å²) in [6.07, 6.45) is 0.264. The lowest BCUT2D eigenvalue weighted by Crippen LogP contribution is -2.24. The second kappa shape index (κ2) is 7.20. The zero-order valence-electron chi connectivity index (χ0n) is 12.2. The van der Waals surface area contributed by atoms with E-state index in [1.807, 2.05) is 0 Å². The van der Waals surface area contributed by atoms with Crippen molar-refractivity contribution in [3.05, 3.63) is 35.9 Å². The molecule has 1 aromatic rings. The minimum atomic E-state index is -4.26. The fourth-order valence-corrected chi connectivity index (χ4v) is 2.65. The highest BCUT2D eigenvalue weighted by molar-refractivity contribution is 8.01. The number of ether oxygens (including phenoxy) is 1. The molecule has 0 aliphatic heterocycles. The van der Waals surface area contributed by atoms with Gasteiger partial charge in [-0.25, -0.2) is 4.79 Å². The third kappa shape index (κ3) is 7.41. The Hall–Kier alpha value is -1.17. The highest BCUT2D eigenvalue weighted by Gasteiger charge is 2.37. The van der Waals surface area contributed by atoms with Crippen LogP contribution in [0.25, 0.3) is 0 Å². The Morgan fingerprint density at radius 3 is 2.33 bits per heavy atom. The first-order valence-electron chi connectivity index (χ1n) is 6.62. The molecule has 1 rings (SSSR count). The number of rotatable bonds is 6. The smallest absolute Gasteiger partial charge is 0.442 e. The van der Waals surface area contributed by atoms with Gasteiger partial charge in [0.05, 0.1) is 11.7 Å². The molecule has 0 aliphatic rings. The molecular formula is C15H19F3O2S. The van der Waals surface area contributed by atoms with Crippen molar-refractivity contribution in [3.8, 4) is 0 Å². The van der Waals surface area contributed by atoms with Crippen molar-refractivity contribution < 1.29 is 22.7 Å². The molecule has 0 bridgehead atoms. The summed E-state index contributed by atoms with van der Waals surface area (Å²) in [6.45, 7) is 4.77. The van der Waals surface area contributed by atoms with Gasteiger partial charge in [-0.1, -0.05) is 32.0 Å². The van der Waals surface area contributed by atoms with Crippen LogP contribution in [0, 0.1) is 0 Å². The van der Waals surface area contributed by atoms with Gasteiger partial charge in [-0.15, -0.1) is 0 Å². The largest absolute Gasteiger partial charge is 0.459 e. The summed E-state index contributed by atoms with van der Waals surface area (Å²) < 4.78 is 41.4. The Bertz CT molecular complexity index is 458. The summed E-state index contributed by atoms with van der Waals surface area (Å²) in [5.74, 6) is -0.454. The van der Waals surface area contributed by atoms with Crippen LogP contribution in [-0.4, -0.2) is 22.3 Å². The fraction of sp³-hybridized carbons (Fsp3) is 0.533. The molecule has 0 amide bonds. The average Bonchev–Trinajstić information content (AvgIpc) is 2.35. The summed E-state index contributed by atoms with van der Waals surface area (Å²) in [7, 11) is 0. The highest BCUT2D eigenvalue weighted by Crippen LogP contribution is 2.42. The van der Waals surface area contributed by atoms with E-state index in [0.717, 1.165) is 0 Å². The Balaban J connectivity index is 2.44. The number of hydrogen-bond acceptors (Lipinski definition) is 3. The van der Waals surface area contributed by atoms with Gasteiger partial charge < -0.3 is 4.74 Å². The van der Waals surface area contributed by atoms with E-state index in [9.17, 15) is 18.0 Å². The van der Waals surface area contributed by atoms with Gasteiger partial charge in [0.2, 0.25) is 0 Å². The van der Waals surface area contributed by atoms with Crippen molar-refractivity contribution >= 4 is 17.7 Å². The highest BCUT2D eigenvalue weighted by atomic mass is 32.2. The van der Waals surface area contributed by atoms with Crippen molar-refractivity contribution in [3.63, 3.8) is 0 Å². The number of esters is 1. The zero-order valence-corrected chi connectivity index (χ0v) is 13.1. The molecule has 0 aromatic heterocycles. The van der Waals surface area contributed by atoms with Crippen LogP contribution < -0.4 is 0 Å². The molecule has 0 heterocycles. The van der Waals surface area contributed by atoms with E-state index in [4.69, 9.17) is 4.74 Å². The van der Waals surface area contributed by atoms with Gasteiger partial charge in [0.15, 0.2) is 0 Å². The van der Waals surface area contributed by atoms with E-state index >= 15 is 0 Å². The van der Waals surface area contributed by atoms with Crippen molar-refractivity contribution in [2.45, 2.75) is 50.0 Å². The Morgan fingerprint density at radius 1 is 1.24 bits per heavy atom. The Labute approximate surface area is 127 Å². The molecule has 6 heteroatoms. The zero-order chi connectivity index (χ0) is 16.1. The monoisotopic (exact) mass is 320 g/mol. The van der Waals surface area contributed by atoms with Gasteiger partial charge in [-0.05, 0) is 43.7 Å². The second-order valence-corrected chi connectivity index (χ2v) is 7.20. The number of hydrogen-bond donors (Lipinski definition) is 0. The van der Waals surface area contributed by atoms with Crippen molar-refractivity contribution in [2.24, 2.45) is 0 Å². The average molecular weight is 320 g/mol. The van der Waals surface area contributed by atoms with E-state index in [1.165, 1.54) is 13.8 Å². The molecule has 1 atom stereocenters. The van der Waals surface area contributed by atoms with Gasteiger partial charge in [-0.2, -0.15) is 13.2 Å². The summed E-state index contributed by atoms with van der Waals surface area (Å²) in [4.78, 5) is 11.8. The van der Waals surface area contributed by atoms with E-state index in [1.54, 1.807) is 37.3 Å². The number of thioether (sulfide) groups is 1. The molecule has 118 valence electrons. The number of carbonyl (C=O) groups is 1. The van der Waals surface area contributed by atoms with E-state index in [-0.39, 0.29) is 11.8 Å². The summed E-state index contributed by atoms with van der Waals surface area (Å²) >= 11 is -0.0242. The maximum atomic E-state index is 12.4. The lowest BCUT2D eigenvalue weighted by Gasteiger charge is -2.26. The molecule has 21 heavy (non-hydrogen) atoms. The lowest BCUT2D eigenvalue weighted by molar-refractivity contribution is -0.0343. The third-order valence-corrected chi connectivity index (χ3v) is 3.85. The molecule has 0 spiro atoms. The first-order valence-corrected chi connectivity index (χ1v) is 7.44. The summed E-state index contributed by atoms with van der Waals surface area (Å²) in [5, 5.41) is 0. The van der Waals surface area contributed by atoms with Crippen molar-refractivity contribution in [1.82, 2.24) is 0 Å². The van der Waals surface area contributed by atoms with Crippen LogP contribution in [0.5, 0.6) is 0 Å². The van der Waals surface area contributed by atoms with Crippen LogP contribution in [0.2, 0.25) is 0 Å². The van der Waals surface area contributed by atoms with Crippen LogP contribution in [0.1, 0.15) is 44.0 Å². The quantitative estimate of drug-likeness (QED) is 0.687. The number of halogens is 3. The minimum absolute atomic E-state index is 0.0242. The molecule has 0 radical (unpaired) electrons. The molecule has 0 N–H and O–H groups in total. The number of benzene rings is 1. The Morgan fingerprint density at radius 2 is 1.81 bits per heavy atom. The van der Waals surface area contributed by atoms with Crippen LogP contribution in [-0.2, 0) is 4.74 Å². The normalized spacial score (nSPS) is 13.8. The van der Waals surface area contributed by atoms with Crippen LogP contribution >= 0.6 is 11.8 Å². The third-order valence-electron chi connectivity index (χ3n) is 2.86. The second-order valence-electron chi connectivity index (χ2n) is 5.43. The van der Waals surface area contributed by atoms with E-state index in [2.05, 4.69) is 0 Å². The topological polar surface area (TPSA) is 26.3 Å². The molecule has 0 fully saturated rings. The summed E-state index contributed by atoms with van der Waals surface area (Å²) in [5.41, 5.74) is -3.82. The predicted molar refractivity (Wildman–Crippen MR) is 78.3 cm³/mol. The number of alkyl halides is 3. The maximum Gasteiger partial charge on any atom is 0.442 e. The first kappa shape index (κ1) is 17.9. The molecule has 2 nitrogen and oxygen atoms in total. The van der Waals surface area contributed by atoms with Crippen LogP contribution in [0.15, 0.2) is 30.3 Å². The molecule has 0 saturated heterocycles. The standard InChI is InChI=1S/C15H19F3O2S/c1-11(9-10-14(2,3)21-15(16,17)18)20-13(19)12-7-5-4-6-8-12/h4-8,11H,9-10H2,1-3H3. The minimum Gasteiger partial charge on any atom is -0.459 e. The predicted octanol–water partition coefficient (Wildman–Crippen LogP) is 5.04. The first-order chi connectivity index (χ1) is 9.59. The SMILES string of the molecule is CC(CCC(C)(C)SC(F)(F)F)OC(=O)c1ccccc1. The Kier molecular flexibility index (Phi) is 6.13. The van der Waals surface area contributed by atoms with Crippen molar-refractivity contribution in [1.29, 1.82) is 0 Å². The number of carbonyl (C=O) groups excluding carboxylic acids is 1. The van der Waals surface area contributed by atoms with Gasteiger partial charge in [0, 0.05) is 4.75 Å². The van der Waals surface area contributed by atoms with Crippen molar-refractivity contribution in [2.75, 3.05) is 0 Å². The molecule has 0 aliphatic carbocycles. The molecular weight excluding hydrogens is 301 g/mol. The molecule has 0 saturated carbocycles. The van der Waals surface area contributed by atoms with Gasteiger partial charge in [0.25, 0.3) is 0 Å². The fourth-order valence-electron chi connectivity index (χ4n) is 1.80. The maximum absolute atomic E-state index is 12.4. The lowest BCUT2D eigenvalue weighted by atomic mass is 10.0. The van der Waals surface area contributed by atoms with Gasteiger partial charge in [-0.3, -0.25) is 0 Å².